The Bertz CT molecular complexity index is 500. The molecule has 0 radical (unpaired) electrons. The smallest absolute Gasteiger partial charge is 0.247 e. The summed E-state index contributed by atoms with van der Waals surface area (Å²) >= 11 is 0. The van der Waals surface area contributed by atoms with Gasteiger partial charge in [-0.25, -0.2) is 0 Å². The van der Waals surface area contributed by atoms with Crippen molar-refractivity contribution >= 4 is 17.5 Å². The van der Waals surface area contributed by atoms with E-state index in [2.05, 4.69) is 15.5 Å². The molecule has 1 amide bonds. The molecule has 2 rings (SSSR count). The zero-order valence-corrected chi connectivity index (χ0v) is 8.79. The highest BCUT2D eigenvalue weighted by Crippen LogP contribution is 2.03. The van der Waals surface area contributed by atoms with Gasteiger partial charge in [-0.1, -0.05) is 0 Å². The Morgan fingerprint density at radius 2 is 2.38 bits per heavy atom. The Morgan fingerprint density at radius 3 is 2.94 bits per heavy atom. The second-order valence-electron chi connectivity index (χ2n) is 3.33. The van der Waals surface area contributed by atoms with E-state index in [9.17, 15) is 4.79 Å². The molecule has 0 aliphatic rings. The first-order valence-electron chi connectivity index (χ1n) is 4.72. The summed E-state index contributed by atoms with van der Waals surface area (Å²) < 4.78 is 3.05. The molecule has 0 aromatic carbocycles. The second kappa shape index (κ2) is 4.05. The first-order valence-corrected chi connectivity index (χ1v) is 4.72. The fourth-order valence-corrected chi connectivity index (χ4v) is 1.29. The number of nitrogens with two attached hydrogens (primary N) is 1. The standard InChI is InChI=1S/C9H12N6O/c1-14-8(2-4-11-14)12-9(16)6-15-5-3-7(10)13-15/h2-5H,6H2,1H3,(H2,10,13)(H,12,16). The molecule has 2 aromatic heterocycles. The Hall–Kier alpha value is -2.31. The molecule has 0 unspecified atom stereocenters. The van der Waals surface area contributed by atoms with Gasteiger partial charge in [0.25, 0.3) is 0 Å². The quantitative estimate of drug-likeness (QED) is 0.751. The van der Waals surface area contributed by atoms with Crippen molar-refractivity contribution in [3.8, 4) is 0 Å². The number of aryl methyl sites for hydroxylation is 1. The van der Waals surface area contributed by atoms with E-state index in [0.29, 0.717) is 11.6 Å². The van der Waals surface area contributed by atoms with E-state index in [1.54, 1.807) is 36.3 Å². The van der Waals surface area contributed by atoms with Crippen LogP contribution in [0.25, 0.3) is 0 Å². The van der Waals surface area contributed by atoms with Gasteiger partial charge in [0.05, 0.1) is 6.20 Å². The number of rotatable bonds is 3. The number of carbonyl (C=O) groups is 1. The topological polar surface area (TPSA) is 90.8 Å². The Labute approximate surface area is 91.8 Å². The summed E-state index contributed by atoms with van der Waals surface area (Å²) in [5, 5.41) is 10.6. The molecule has 0 spiro atoms. The lowest BCUT2D eigenvalue weighted by molar-refractivity contribution is -0.116. The molecule has 84 valence electrons. The summed E-state index contributed by atoms with van der Waals surface area (Å²) in [4.78, 5) is 11.6. The lowest BCUT2D eigenvalue weighted by Gasteiger charge is -2.04. The first-order chi connectivity index (χ1) is 7.65. The van der Waals surface area contributed by atoms with Gasteiger partial charge in [0.1, 0.15) is 18.2 Å². The van der Waals surface area contributed by atoms with E-state index >= 15 is 0 Å². The third-order valence-electron chi connectivity index (χ3n) is 2.06. The maximum absolute atomic E-state index is 11.6. The minimum atomic E-state index is -0.174. The van der Waals surface area contributed by atoms with Gasteiger partial charge in [-0.05, 0) is 6.07 Å². The van der Waals surface area contributed by atoms with Crippen molar-refractivity contribution in [3.05, 3.63) is 24.5 Å². The molecule has 2 aromatic rings. The molecule has 0 aliphatic carbocycles. The van der Waals surface area contributed by atoms with Gasteiger partial charge in [-0.15, -0.1) is 0 Å². The van der Waals surface area contributed by atoms with Crippen LogP contribution in [0.2, 0.25) is 0 Å². The molecule has 3 N–H and O–H groups in total. The van der Waals surface area contributed by atoms with Crippen molar-refractivity contribution in [2.45, 2.75) is 6.54 Å². The van der Waals surface area contributed by atoms with Crippen molar-refractivity contribution in [2.75, 3.05) is 11.1 Å². The highest BCUT2D eigenvalue weighted by atomic mass is 16.2. The SMILES string of the molecule is Cn1nccc1NC(=O)Cn1ccc(N)n1. The third kappa shape index (κ3) is 2.19. The summed E-state index contributed by atoms with van der Waals surface area (Å²) in [5.41, 5.74) is 5.44. The lowest BCUT2D eigenvalue weighted by atomic mass is 10.5. The highest BCUT2D eigenvalue weighted by Gasteiger charge is 2.06. The predicted octanol–water partition coefficient (Wildman–Crippen LogP) is -0.163. The van der Waals surface area contributed by atoms with Crippen LogP contribution in [0.3, 0.4) is 0 Å². The minimum Gasteiger partial charge on any atom is -0.382 e. The zero-order valence-electron chi connectivity index (χ0n) is 8.79. The Morgan fingerprint density at radius 1 is 1.56 bits per heavy atom. The molecule has 0 saturated heterocycles. The number of aromatic nitrogens is 4. The number of nitrogens with one attached hydrogen (secondary N) is 1. The van der Waals surface area contributed by atoms with E-state index in [1.165, 1.54) is 4.68 Å². The lowest BCUT2D eigenvalue weighted by Crippen LogP contribution is -2.20. The number of hydrogen-bond donors (Lipinski definition) is 2. The average molecular weight is 220 g/mol. The second-order valence-corrected chi connectivity index (χ2v) is 3.33. The molecule has 0 fully saturated rings. The van der Waals surface area contributed by atoms with Crippen LogP contribution in [0.5, 0.6) is 0 Å². The molecule has 0 atom stereocenters. The number of anilines is 2. The van der Waals surface area contributed by atoms with Crippen LogP contribution in [0.4, 0.5) is 11.6 Å². The largest absolute Gasteiger partial charge is 0.382 e. The molecule has 16 heavy (non-hydrogen) atoms. The van der Waals surface area contributed by atoms with Crippen molar-refractivity contribution in [1.82, 2.24) is 19.6 Å². The molecule has 0 bridgehead atoms. The number of carbonyl (C=O) groups excluding carboxylic acids is 1. The van der Waals surface area contributed by atoms with Gasteiger partial charge < -0.3 is 11.1 Å². The third-order valence-corrected chi connectivity index (χ3v) is 2.06. The van der Waals surface area contributed by atoms with Gasteiger partial charge >= 0.3 is 0 Å². The highest BCUT2D eigenvalue weighted by molar-refractivity contribution is 5.89. The number of hydrogen-bond acceptors (Lipinski definition) is 4. The van der Waals surface area contributed by atoms with Gasteiger partial charge in [-0.2, -0.15) is 10.2 Å². The van der Waals surface area contributed by atoms with Crippen LogP contribution < -0.4 is 11.1 Å². The fraction of sp³-hybridized carbons (Fsp3) is 0.222. The van der Waals surface area contributed by atoms with Gasteiger partial charge in [0.2, 0.25) is 5.91 Å². The zero-order chi connectivity index (χ0) is 11.5. The van der Waals surface area contributed by atoms with Gasteiger partial charge in [0.15, 0.2) is 0 Å². The van der Waals surface area contributed by atoms with E-state index < -0.39 is 0 Å². The summed E-state index contributed by atoms with van der Waals surface area (Å²) in [6, 6.07) is 3.35. The molecule has 2 heterocycles. The van der Waals surface area contributed by atoms with Crippen LogP contribution in [0.15, 0.2) is 24.5 Å². The Balaban J connectivity index is 1.97. The van der Waals surface area contributed by atoms with Crippen LogP contribution in [0.1, 0.15) is 0 Å². The van der Waals surface area contributed by atoms with Crippen molar-refractivity contribution in [1.29, 1.82) is 0 Å². The van der Waals surface area contributed by atoms with Crippen LogP contribution >= 0.6 is 0 Å². The Kier molecular flexibility index (Phi) is 2.59. The molecular formula is C9H12N6O. The molecule has 7 nitrogen and oxygen atoms in total. The number of nitrogen functional groups attached to an aromatic ring is 1. The predicted molar refractivity (Wildman–Crippen MR) is 58.5 cm³/mol. The van der Waals surface area contributed by atoms with E-state index in [4.69, 9.17) is 5.73 Å². The molecular weight excluding hydrogens is 208 g/mol. The average Bonchev–Trinajstić information content (AvgIpc) is 2.77. The van der Waals surface area contributed by atoms with Gasteiger partial charge in [-0.3, -0.25) is 14.2 Å². The van der Waals surface area contributed by atoms with Crippen LogP contribution in [-0.4, -0.2) is 25.5 Å². The fourth-order valence-electron chi connectivity index (χ4n) is 1.29. The molecule has 0 aliphatic heterocycles. The van der Waals surface area contributed by atoms with E-state index in [1.807, 2.05) is 0 Å². The number of amides is 1. The normalized spacial score (nSPS) is 10.3. The van der Waals surface area contributed by atoms with Crippen molar-refractivity contribution < 1.29 is 4.79 Å². The minimum absolute atomic E-state index is 0.127. The van der Waals surface area contributed by atoms with E-state index in [0.717, 1.165) is 0 Å². The number of nitrogens with zero attached hydrogens (tertiary/aromatic N) is 4. The molecule has 0 saturated carbocycles. The van der Waals surface area contributed by atoms with Crippen LogP contribution in [0, 0.1) is 0 Å². The monoisotopic (exact) mass is 220 g/mol. The maximum Gasteiger partial charge on any atom is 0.247 e. The summed E-state index contributed by atoms with van der Waals surface area (Å²) in [5.74, 6) is 0.866. The maximum atomic E-state index is 11.6. The van der Waals surface area contributed by atoms with Gasteiger partial charge in [0, 0.05) is 19.3 Å². The summed E-state index contributed by atoms with van der Waals surface area (Å²) in [6.45, 7) is 0.127. The van der Waals surface area contributed by atoms with E-state index in [-0.39, 0.29) is 12.5 Å². The van der Waals surface area contributed by atoms with Crippen molar-refractivity contribution in [3.63, 3.8) is 0 Å². The first kappa shape index (κ1) is 10.2. The summed E-state index contributed by atoms with van der Waals surface area (Å²) in [7, 11) is 1.75. The summed E-state index contributed by atoms with van der Waals surface area (Å²) in [6.07, 6.45) is 3.26. The van der Waals surface area contributed by atoms with Crippen molar-refractivity contribution in [2.24, 2.45) is 7.05 Å². The molecule has 7 heteroatoms. The van der Waals surface area contributed by atoms with Crippen LogP contribution in [-0.2, 0) is 18.4 Å².